The van der Waals surface area contributed by atoms with Crippen LogP contribution in [0.15, 0.2) is 18.2 Å². The Bertz CT molecular complexity index is 1630. The number of nitrogens with one attached hydrogen (secondary N) is 2. The maximum absolute atomic E-state index is 12.8. The summed E-state index contributed by atoms with van der Waals surface area (Å²) < 4.78 is 43.5. The summed E-state index contributed by atoms with van der Waals surface area (Å²) in [5.74, 6) is -3.96. The van der Waals surface area contributed by atoms with Crippen LogP contribution in [0.2, 0.25) is 0 Å². The van der Waals surface area contributed by atoms with Crippen LogP contribution in [0, 0.1) is 10.1 Å². The predicted molar refractivity (Wildman–Crippen MR) is 213 cm³/mol. The summed E-state index contributed by atoms with van der Waals surface area (Å²) in [7, 11) is 0. The van der Waals surface area contributed by atoms with E-state index in [2.05, 4.69) is 27.4 Å². The van der Waals surface area contributed by atoms with E-state index in [1.807, 2.05) is 4.90 Å². The molecule has 0 saturated carbocycles. The minimum Gasteiger partial charge on any atom is -0.465 e. The largest absolute Gasteiger partial charge is 0.465 e. The lowest BCUT2D eigenvalue weighted by molar-refractivity contribution is -0.387. The highest BCUT2D eigenvalue weighted by Gasteiger charge is 2.53. The Morgan fingerprint density at radius 2 is 1.39 bits per heavy atom. The molecule has 2 aliphatic rings. The first-order chi connectivity index (χ1) is 29.1. The molecule has 61 heavy (non-hydrogen) atoms. The number of nitrogens with zero attached hydrogens (tertiary/aromatic N) is 4. The maximum Gasteiger partial charge on any atom is 0.407 e. The number of ether oxygens (including phenoxy) is 8. The highest BCUT2D eigenvalue weighted by atomic mass is 16.7. The van der Waals surface area contributed by atoms with Crippen molar-refractivity contribution in [3.63, 3.8) is 0 Å². The molecule has 5 unspecified atom stereocenters. The zero-order chi connectivity index (χ0) is 44.9. The first-order valence-corrected chi connectivity index (χ1v) is 20.3. The highest BCUT2D eigenvalue weighted by molar-refractivity contribution is 5.71. The van der Waals surface area contributed by atoms with Crippen LogP contribution in [0.1, 0.15) is 53.5 Å². The Morgan fingerprint density at radius 3 is 2.00 bits per heavy atom. The average Bonchev–Trinajstić information content (AvgIpc) is 3.18. The zero-order valence-electron chi connectivity index (χ0n) is 35.8. The highest BCUT2D eigenvalue weighted by Crippen LogP contribution is 2.35. The SMILES string of the molecule is CCCN1CCNCCN(CC(=O)OCC)CCN(CCNC(=O)OCc2ccc(OC3OC(COC(C)=O)C(OC(C)=O)C(OC(C)=O)C3OC(C)=O)c([N+](=O)[O-])c2)CC1. The van der Waals surface area contributed by atoms with Crippen molar-refractivity contribution in [3.05, 3.63) is 33.9 Å². The van der Waals surface area contributed by atoms with E-state index in [-0.39, 0.29) is 37.0 Å². The van der Waals surface area contributed by atoms with Gasteiger partial charge in [-0.25, -0.2) is 4.79 Å². The molecule has 1 amide bonds. The Balaban J connectivity index is 1.70. The van der Waals surface area contributed by atoms with Gasteiger partial charge in [0, 0.05) is 99.2 Å². The molecular formula is C39H60N6O16. The van der Waals surface area contributed by atoms with Crippen LogP contribution in [0.3, 0.4) is 0 Å². The lowest BCUT2D eigenvalue weighted by Gasteiger charge is -2.43. The maximum atomic E-state index is 12.8. The summed E-state index contributed by atoms with van der Waals surface area (Å²) in [5.41, 5.74) is -0.361. The summed E-state index contributed by atoms with van der Waals surface area (Å²) in [6, 6.07) is 3.73. The van der Waals surface area contributed by atoms with Gasteiger partial charge >= 0.3 is 41.6 Å². The number of nitro benzene ring substituents is 1. The average molecular weight is 869 g/mol. The van der Waals surface area contributed by atoms with Crippen molar-refractivity contribution in [3.8, 4) is 5.75 Å². The van der Waals surface area contributed by atoms with Gasteiger partial charge in [0.05, 0.1) is 18.1 Å². The molecule has 5 atom stereocenters. The molecule has 0 aromatic heterocycles. The third-order valence-corrected chi connectivity index (χ3v) is 9.35. The molecule has 22 heteroatoms. The van der Waals surface area contributed by atoms with Crippen molar-refractivity contribution in [2.24, 2.45) is 0 Å². The summed E-state index contributed by atoms with van der Waals surface area (Å²) >= 11 is 0. The molecule has 2 saturated heterocycles. The second-order valence-electron chi connectivity index (χ2n) is 14.3. The van der Waals surface area contributed by atoms with E-state index in [4.69, 9.17) is 37.9 Å². The van der Waals surface area contributed by atoms with Crippen LogP contribution in [0.4, 0.5) is 10.5 Å². The molecular weight excluding hydrogens is 808 g/mol. The van der Waals surface area contributed by atoms with Gasteiger partial charge in [0.2, 0.25) is 12.4 Å². The molecule has 1 aromatic carbocycles. The molecule has 0 aliphatic carbocycles. The molecule has 342 valence electrons. The number of esters is 5. The van der Waals surface area contributed by atoms with E-state index in [0.717, 1.165) is 79.5 Å². The van der Waals surface area contributed by atoms with E-state index in [1.54, 1.807) is 6.92 Å². The Hall–Kier alpha value is -5.16. The monoisotopic (exact) mass is 868 g/mol. The number of hydrogen-bond donors (Lipinski definition) is 2. The molecule has 0 radical (unpaired) electrons. The van der Waals surface area contributed by atoms with Gasteiger partial charge in [-0.2, -0.15) is 0 Å². The van der Waals surface area contributed by atoms with Gasteiger partial charge in [-0.05, 0) is 31.5 Å². The number of alkyl carbamates (subject to hydrolysis) is 1. The molecule has 2 N–H and O–H groups in total. The molecule has 2 heterocycles. The fourth-order valence-corrected chi connectivity index (χ4v) is 6.63. The number of carbonyl (C=O) groups excluding carboxylic acids is 6. The Morgan fingerprint density at radius 1 is 0.787 bits per heavy atom. The van der Waals surface area contributed by atoms with E-state index in [9.17, 15) is 38.9 Å². The molecule has 2 fully saturated rings. The summed E-state index contributed by atoms with van der Waals surface area (Å²) in [5, 5.41) is 18.5. The van der Waals surface area contributed by atoms with Gasteiger partial charge in [-0.3, -0.25) is 43.9 Å². The minimum atomic E-state index is -1.71. The van der Waals surface area contributed by atoms with Crippen molar-refractivity contribution in [1.82, 2.24) is 25.3 Å². The topological polar surface area (TPSA) is 253 Å². The van der Waals surface area contributed by atoms with E-state index in [0.29, 0.717) is 32.8 Å². The van der Waals surface area contributed by atoms with Crippen LogP contribution < -0.4 is 15.4 Å². The molecule has 0 spiro atoms. The van der Waals surface area contributed by atoms with Gasteiger partial charge in [0.1, 0.15) is 19.3 Å². The smallest absolute Gasteiger partial charge is 0.407 e. The molecule has 0 bridgehead atoms. The third-order valence-electron chi connectivity index (χ3n) is 9.35. The number of hydrogen-bond acceptors (Lipinski definition) is 20. The normalized spacial score (nSPS) is 22.0. The zero-order valence-corrected chi connectivity index (χ0v) is 35.8. The Kier molecular flexibility index (Phi) is 21.6. The van der Waals surface area contributed by atoms with Crippen molar-refractivity contribution in [2.75, 3.05) is 91.8 Å². The number of rotatable bonds is 18. The van der Waals surface area contributed by atoms with Gasteiger partial charge in [0.15, 0.2) is 18.0 Å². The molecule has 3 rings (SSSR count). The molecule has 22 nitrogen and oxygen atoms in total. The number of carbonyl (C=O) groups is 6. The first kappa shape index (κ1) is 50.2. The van der Waals surface area contributed by atoms with Crippen molar-refractivity contribution < 1.29 is 71.6 Å². The minimum absolute atomic E-state index is 0.178. The summed E-state index contributed by atoms with van der Waals surface area (Å²) in [4.78, 5) is 91.3. The van der Waals surface area contributed by atoms with Crippen LogP contribution >= 0.6 is 0 Å². The fraction of sp³-hybridized carbons (Fsp3) is 0.692. The van der Waals surface area contributed by atoms with Crippen molar-refractivity contribution >= 4 is 41.6 Å². The van der Waals surface area contributed by atoms with E-state index < -0.39 is 77.9 Å². The molecule has 1 aromatic rings. The van der Waals surface area contributed by atoms with Crippen LogP contribution in [-0.4, -0.2) is 178 Å². The third kappa shape index (κ3) is 18.2. The van der Waals surface area contributed by atoms with Crippen LogP contribution in [0.25, 0.3) is 0 Å². The van der Waals surface area contributed by atoms with Gasteiger partial charge in [-0.1, -0.05) is 13.0 Å². The lowest BCUT2D eigenvalue weighted by Crippen LogP contribution is -2.63. The number of amides is 1. The predicted octanol–water partition coefficient (Wildman–Crippen LogP) is 0.765. The molecule has 2 aliphatic heterocycles. The second kappa shape index (κ2) is 26.2. The first-order valence-electron chi connectivity index (χ1n) is 20.3. The standard InChI is InChI=1S/C39H60N6O16/c1-7-14-42-15-11-40-12-16-44(23-34(50)54-8-2)21-20-43(19-18-42)17-13-41-39(51)56-24-30-9-10-32(31(22-30)45(52)53)60-38-37(59-29(6)49)36(58-28(5)48)35(57-27(4)47)33(61-38)25-55-26(3)46/h9-10,22,33,35-38,40H,7-8,11-21,23-25H2,1-6H3,(H,41,51). The number of benzene rings is 1. The fourth-order valence-electron chi connectivity index (χ4n) is 6.63. The van der Waals surface area contributed by atoms with Crippen LogP contribution in [0.5, 0.6) is 5.75 Å². The van der Waals surface area contributed by atoms with Crippen LogP contribution in [-0.2, 0) is 63.7 Å². The van der Waals surface area contributed by atoms with Crippen molar-refractivity contribution in [1.29, 1.82) is 0 Å². The van der Waals surface area contributed by atoms with E-state index in [1.165, 1.54) is 12.1 Å². The van der Waals surface area contributed by atoms with Gasteiger partial charge in [0.25, 0.3) is 0 Å². The Labute approximate surface area is 354 Å². The quantitative estimate of drug-likeness (QED) is 0.0894. The summed E-state index contributed by atoms with van der Waals surface area (Å²) in [6.45, 7) is 15.4. The van der Waals surface area contributed by atoms with Crippen molar-refractivity contribution in [2.45, 2.75) is 85.3 Å². The van der Waals surface area contributed by atoms with Gasteiger partial charge < -0.3 is 53.4 Å². The van der Waals surface area contributed by atoms with E-state index >= 15 is 0 Å². The number of nitro groups is 1. The second-order valence-corrected chi connectivity index (χ2v) is 14.3. The lowest BCUT2D eigenvalue weighted by atomic mass is 9.98. The van der Waals surface area contributed by atoms with Gasteiger partial charge in [-0.15, -0.1) is 0 Å². The summed E-state index contributed by atoms with van der Waals surface area (Å²) in [6.07, 6.45) is -7.42.